The summed E-state index contributed by atoms with van der Waals surface area (Å²) in [4.78, 5) is 19.3. The first-order valence-corrected chi connectivity index (χ1v) is 11.5. The Bertz CT molecular complexity index is 851. The molecule has 0 saturated carbocycles. The topological polar surface area (TPSA) is 91.7 Å². The van der Waals surface area contributed by atoms with Crippen molar-refractivity contribution in [2.75, 3.05) is 70.4 Å². The number of nitrogens with one attached hydrogen (secondary N) is 1. The summed E-state index contributed by atoms with van der Waals surface area (Å²) < 4.78 is 7.59. The quantitative estimate of drug-likeness (QED) is 0.623. The number of amides is 1. The van der Waals surface area contributed by atoms with Gasteiger partial charge in [0.15, 0.2) is 0 Å². The summed E-state index contributed by atoms with van der Waals surface area (Å²) in [5.74, 6) is 1.43. The van der Waals surface area contributed by atoms with Gasteiger partial charge >= 0.3 is 0 Å². The Hall–Kier alpha value is -2.56. The molecule has 1 aromatic carbocycles. The molecule has 2 aliphatic rings. The molecule has 10 heteroatoms. The van der Waals surface area contributed by atoms with E-state index in [1.807, 2.05) is 30.3 Å². The number of carbonyl (C=O) groups excluding carboxylic acids is 1. The Kier molecular flexibility index (Phi) is 7.67. The number of rotatable bonds is 8. The maximum Gasteiger partial charge on any atom is 0.250 e. The molecule has 10 nitrogen and oxygen atoms in total. The molecular formula is C22H34N8O2. The van der Waals surface area contributed by atoms with Crippen molar-refractivity contribution in [3.63, 3.8) is 0 Å². The Morgan fingerprint density at radius 1 is 1.12 bits per heavy atom. The lowest BCUT2D eigenvalue weighted by Gasteiger charge is -2.35. The number of tetrazole rings is 1. The molecule has 2 aromatic rings. The lowest BCUT2D eigenvalue weighted by Crippen LogP contribution is -2.52. The molecule has 2 saturated heterocycles. The predicted molar refractivity (Wildman–Crippen MR) is 122 cm³/mol. The van der Waals surface area contributed by atoms with Gasteiger partial charge in [-0.3, -0.25) is 14.6 Å². The molecule has 0 radical (unpaired) electrons. The standard InChI is InChI=1S/C22H34N8O2/c1-18(2)15-28-12-13-32-20(16-28)14-23-21(31)17-27-8-10-29(11-9-27)22-24-25-26-30(22)19-6-4-3-5-7-19/h3-7,18,20H,8-17H2,1-2H3,(H,23,31). The molecule has 2 aliphatic heterocycles. The van der Waals surface area contributed by atoms with Crippen LogP contribution in [0.15, 0.2) is 30.3 Å². The Morgan fingerprint density at radius 3 is 2.66 bits per heavy atom. The summed E-state index contributed by atoms with van der Waals surface area (Å²) in [5.41, 5.74) is 0.936. The van der Waals surface area contributed by atoms with Crippen LogP contribution in [-0.4, -0.2) is 108 Å². The summed E-state index contributed by atoms with van der Waals surface area (Å²) in [5, 5.41) is 15.3. The molecule has 3 heterocycles. The summed E-state index contributed by atoms with van der Waals surface area (Å²) in [6.07, 6.45) is 0.0696. The van der Waals surface area contributed by atoms with Crippen molar-refractivity contribution >= 4 is 11.9 Å². The van der Waals surface area contributed by atoms with E-state index < -0.39 is 0 Å². The minimum atomic E-state index is 0.0529. The highest BCUT2D eigenvalue weighted by Crippen LogP contribution is 2.17. The normalized spacial score (nSPS) is 20.6. The molecular weight excluding hydrogens is 408 g/mol. The Balaban J connectivity index is 1.20. The minimum Gasteiger partial charge on any atom is -0.374 e. The lowest BCUT2D eigenvalue weighted by molar-refractivity contribution is -0.123. The van der Waals surface area contributed by atoms with Gasteiger partial charge in [0.2, 0.25) is 11.9 Å². The second kappa shape index (κ2) is 10.8. The van der Waals surface area contributed by atoms with Crippen molar-refractivity contribution in [2.24, 2.45) is 5.92 Å². The van der Waals surface area contributed by atoms with Gasteiger partial charge in [-0.2, -0.15) is 4.68 Å². The number of ether oxygens (including phenoxy) is 1. The second-order valence-electron chi connectivity index (χ2n) is 8.94. The van der Waals surface area contributed by atoms with Gasteiger partial charge in [0.05, 0.1) is 24.9 Å². The number of anilines is 1. The Morgan fingerprint density at radius 2 is 1.91 bits per heavy atom. The SMILES string of the molecule is CC(C)CN1CCOC(CNC(=O)CN2CCN(c3nnnn3-c3ccccc3)CC2)C1. The van der Waals surface area contributed by atoms with Crippen LogP contribution in [0.2, 0.25) is 0 Å². The number of nitrogens with zero attached hydrogens (tertiary/aromatic N) is 7. The van der Waals surface area contributed by atoms with E-state index in [1.165, 1.54) is 0 Å². The number of hydrogen-bond acceptors (Lipinski definition) is 8. The summed E-state index contributed by atoms with van der Waals surface area (Å²) in [6, 6.07) is 9.88. The van der Waals surface area contributed by atoms with E-state index in [0.29, 0.717) is 19.0 Å². The fraction of sp³-hybridized carbons (Fsp3) is 0.636. The van der Waals surface area contributed by atoms with Crippen LogP contribution in [0.3, 0.4) is 0 Å². The first kappa shape index (κ1) is 22.6. The van der Waals surface area contributed by atoms with Gasteiger partial charge in [-0.15, -0.1) is 0 Å². The number of aromatic nitrogens is 4. The molecule has 4 rings (SSSR count). The lowest BCUT2D eigenvalue weighted by atomic mass is 10.2. The van der Waals surface area contributed by atoms with Crippen LogP contribution in [0.4, 0.5) is 5.95 Å². The first-order chi connectivity index (χ1) is 15.6. The highest BCUT2D eigenvalue weighted by atomic mass is 16.5. The van der Waals surface area contributed by atoms with Gasteiger partial charge in [-0.05, 0) is 28.5 Å². The average Bonchev–Trinajstić information content (AvgIpc) is 3.29. The molecule has 1 amide bonds. The van der Waals surface area contributed by atoms with E-state index in [-0.39, 0.29) is 12.0 Å². The van der Waals surface area contributed by atoms with Crippen molar-refractivity contribution in [3.8, 4) is 5.69 Å². The molecule has 1 atom stereocenters. The monoisotopic (exact) mass is 442 g/mol. The molecule has 1 aromatic heterocycles. The molecule has 32 heavy (non-hydrogen) atoms. The largest absolute Gasteiger partial charge is 0.374 e. The average molecular weight is 443 g/mol. The van der Waals surface area contributed by atoms with Crippen LogP contribution in [-0.2, 0) is 9.53 Å². The van der Waals surface area contributed by atoms with E-state index in [1.54, 1.807) is 4.68 Å². The predicted octanol–water partition coefficient (Wildman–Crippen LogP) is 0.257. The summed E-state index contributed by atoms with van der Waals surface area (Å²) in [6.45, 7) is 12.2. The van der Waals surface area contributed by atoms with Crippen molar-refractivity contribution in [3.05, 3.63) is 30.3 Å². The molecule has 0 spiro atoms. The Labute approximate surface area is 189 Å². The van der Waals surface area contributed by atoms with Crippen molar-refractivity contribution in [1.29, 1.82) is 0 Å². The van der Waals surface area contributed by atoms with Crippen LogP contribution in [0, 0.1) is 5.92 Å². The highest BCUT2D eigenvalue weighted by Gasteiger charge is 2.25. The van der Waals surface area contributed by atoms with Crippen LogP contribution >= 0.6 is 0 Å². The zero-order valence-electron chi connectivity index (χ0n) is 19.1. The minimum absolute atomic E-state index is 0.0529. The van der Waals surface area contributed by atoms with E-state index in [4.69, 9.17) is 4.74 Å². The van der Waals surface area contributed by atoms with Crippen LogP contribution in [0.1, 0.15) is 13.8 Å². The van der Waals surface area contributed by atoms with E-state index in [2.05, 4.69) is 49.4 Å². The fourth-order valence-electron chi connectivity index (χ4n) is 4.29. The van der Waals surface area contributed by atoms with Crippen LogP contribution in [0.25, 0.3) is 5.69 Å². The number of carbonyl (C=O) groups is 1. The van der Waals surface area contributed by atoms with E-state index >= 15 is 0 Å². The van der Waals surface area contributed by atoms with Gasteiger partial charge in [-0.25, -0.2) is 0 Å². The molecule has 174 valence electrons. The third-order valence-corrected chi connectivity index (χ3v) is 5.85. The third-order valence-electron chi connectivity index (χ3n) is 5.85. The fourth-order valence-corrected chi connectivity index (χ4v) is 4.29. The van der Waals surface area contributed by atoms with Crippen molar-refractivity contribution in [1.82, 2.24) is 35.3 Å². The number of hydrogen-bond donors (Lipinski definition) is 1. The molecule has 0 aliphatic carbocycles. The van der Waals surface area contributed by atoms with Gasteiger partial charge in [-0.1, -0.05) is 37.1 Å². The number of para-hydroxylation sites is 1. The first-order valence-electron chi connectivity index (χ1n) is 11.5. The summed E-state index contributed by atoms with van der Waals surface area (Å²) >= 11 is 0. The van der Waals surface area contributed by atoms with Gasteiger partial charge < -0.3 is 15.0 Å². The maximum atomic E-state index is 12.5. The second-order valence-corrected chi connectivity index (χ2v) is 8.94. The van der Waals surface area contributed by atoms with Crippen LogP contribution < -0.4 is 10.2 Å². The molecule has 1 unspecified atom stereocenters. The molecule has 0 bridgehead atoms. The smallest absolute Gasteiger partial charge is 0.250 e. The zero-order chi connectivity index (χ0) is 22.3. The molecule has 1 N–H and O–H groups in total. The van der Waals surface area contributed by atoms with E-state index in [0.717, 1.165) is 64.1 Å². The van der Waals surface area contributed by atoms with Crippen LogP contribution in [0.5, 0.6) is 0 Å². The third kappa shape index (κ3) is 6.02. The number of morpholine rings is 1. The summed E-state index contributed by atoms with van der Waals surface area (Å²) in [7, 11) is 0. The maximum absolute atomic E-state index is 12.5. The number of benzene rings is 1. The molecule has 2 fully saturated rings. The van der Waals surface area contributed by atoms with E-state index in [9.17, 15) is 4.79 Å². The number of piperazine rings is 1. The van der Waals surface area contributed by atoms with Crippen molar-refractivity contribution in [2.45, 2.75) is 20.0 Å². The zero-order valence-corrected chi connectivity index (χ0v) is 19.1. The van der Waals surface area contributed by atoms with Gasteiger partial charge in [0, 0.05) is 52.4 Å². The highest BCUT2D eigenvalue weighted by molar-refractivity contribution is 5.78. The van der Waals surface area contributed by atoms with Gasteiger partial charge in [0.25, 0.3) is 0 Å². The van der Waals surface area contributed by atoms with Crippen molar-refractivity contribution < 1.29 is 9.53 Å². The van der Waals surface area contributed by atoms with Gasteiger partial charge in [0.1, 0.15) is 0 Å².